The van der Waals surface area contributed by atoms with Crippen molar-refractivity contribution in [3.63, 3.8) is 0 Å². The molecule has 3 aliphatic heterocycles. The van der Waals surface area contributed by atoms with Gasteiger partial charge in [-0.1, -0.05) is 19.9 Å². The van der Waals surface area contributed by atoms with E-state index in [4.69, 9.17) is 4.74 Å². The fraction of sp³-hybridized carbons (Fsp3) is 0.333. The number of halogens is 1. The number of carbonyl (C=O) groups is 2. The second-order valence-electron chi connectivity index (χ2n) is 10.1. The minimum atomic E-state index is -0.432. The van der Waals surface area contributed by atoms with Crippen LogP contribution in [0, 0.1) is 11.2 Å². The Kier molecular flexibility index (Phi) is 5.17. The lowest BCUT2D eigenvalue weighted by Crippen LogP contribution is -2.41. The summed E-state index contributed by atoms with van der Waals surface area (Å²) in [7, 11) is 0. The van der Waals surface area contributed by atoms with Gasteiger partial charge in [-0.15, -0.1) is 0 Å². The normalized spacial score (nSPS) is 20.2. The monoisotopic (exact) mass is 489 g/mol. The van der Waals surface area contributed by atoms with E-state index in [0.29, 0.717) is 53.9 Å². The van der Waals surface area contributed by atoms with Gasteiger partial charge in [0, 0.05) is 31.6 Å². The van der Waals surface area contributed by atoms with Gasteiger partial charge in [-0.2, -0.15) is 0 Å². The summed E-state index contributed by atoms with van der Waals surface area (Å²) in [5, 5.41) is 3.23. The third-order valence-electron chi connectivity index (χ3n) is 7.09. The second kappa shape index (κ2) is 8.29. The molecule has 2 aromatic heterocycles. The quantitative estimate of drug-likeness (QED) is 0.560. The van der Waals surface area contributed by atoms with Crippen molar-refractivity contribution >= 4 is 34.7 Å². The summed E-state index contributed by atoms with van der Waals surface area (Å²) in [6, 6.07) is 10.4. The Morgan fingerprint density at radius 1 is 1.08 bits per heavy atom. The summed E-state index contributed by atoms with van der Waals surface area (Å²) in [5.74, 6) is 0.639. The van der Waals surface area contributed by atoms with E-state index in [-0.39, 0.29) is 19.3 Å². The van der Waals surface area contributed by atoms with Gasteiger partial charge >= 0.3 is 0 Å². The molecule has 2 amide bonds. The molecule has 2 fully saturated rings. The number of fused-ring (bicyclic) bond motifs is 3. The van der Waals surface area contributed by atoms with Gasteiger partial charge in [-0.05, 0) is 48.7 Å². The number of rotatable bonds is 4. The minimum Gasteiger partial charge on any atom is -0.474 e. The summed E-state index contributed by atoms with van der Waals surface area (Å²) in [5.41, 5.74) is 2.66. The maximum atomic E-state index is 14.8. The molecule has 2 saturated heterocycles. The average molecular weight is 490 g/mol. The van der Waals surface area contributed by atoms with Crippen molar-refractivity contribution in [2.45, 2.75) is 39.2 Å². The highest BCUT2D eigenvalue weighted by Crippen LogP contribution is 2.45. The van der Waals surface area contributed by atoms with Gasteiger partial charge in [0.15, 0.2) is 0 Å². The average Bonchev–Trinajstić information content (AvgIpc) is 3.39. The molecule has 0 aliphatic carbocycles. The first-order valence-corrected chi connectivity index (χ1v) is 12.1. The van der Waals surface area contributed by atoms with E-state index in [0.717, 1.165) is 18.4 Å². The molecular weight excluding hydrogens is 461 g/mol. The summed E-state index contributed by atoms with van der Waals surface area (Å²) >= 11 is 0. The first-order chi connectivity index (χ1) is 17.3. The van der Waals surface area contributed by atoms with E-state index in [1.165, 1.54) is 11.0 Å². The highest BCUT2D eigenvalue weighted by atomic mass is 19.1. The van der Waals surface area contributed by atoms with Crippen molar-refractivity contribution < 1.29 is 20.1 Å². The van der Waals surface area contributed by atoms with E-state index < -0.39 is 11.2 Å². The Hall–Kier alpha value is -4.01. The molecule has 3 aromatic rings. The molecule has 0 unspecified atom stereocenters. The molecular formula is C27H28FN5O3. The maximum absolute atomic E-state index is 14.8. The van der Waals surface area contributed by atoms with E-state index in [1.807, 2.05) is 30.9 Å². The first-order valence-electron chi connectivity index (χ1n) is 12.1. The SMILES string of the molecule is CC1(C)C[C@H]2COc3ncc(Nc4ccc(-c5ccc(N6CCCC6=O)c(F)c5)cn4)cc3N2C1=O.[HH]. The van der Waals surface area contributed by atoms with Crippen LogP contribution in [0.4, 0.5) is 27.3 Å². The minimum absolute atomic E-state index is 0. The zero-order valence-electron chi connectivity index (χ0n) is 20.1. The van der Waals surface area contributed by atoms with Gasteiger partial charge in [0.05, 0.1) is 23.6 Å². The molecule has 3 aliphatic rings. The van der Waals surface area contributed by atoms with Crippen LogP contribution in [-0.4, -0.2) is 41.0 Å². The summed E-state index contributed by atoms with van der Waals surface area (Å²) < 4.78 is 20.6. The van der Waals surface area contributed by atoms with Crippen LogP contribution in [0.5, 0.6) is 5.88 Å². The summed E-state index contributed by atoms with van der Waals surface area (Å²) in [6.07, 6.45) is 5.25. The van der Waals surface area contributed by atoms with Gasteiger partial charge in [0.2, 0.25) is 17.7 Å². The number of ether oxygens (including phenoxy) is 1. The van der Waals surface area contributed by atoms with Gasteiger partial charge < -0.3 is 19.9 Å². The van der Waals surface area contributed by atoms with Crippen LogP contribution in [0.2, 0.25) is 0 Å². The Morgan fingerprint density at radius 3 is 2.64 bits per heavy atom. The first kappa shape index (κ1) is 22.5. The predicted molar refractivity (Wildman–Crippen MR) is 136 cm³/mol. The molecule has 1 atom stereocenters. The highest BCUT2D eigenvalue weighted by Gasteiger charge is 2.49. The van der Waals surface area contributed by atoms with Gasteiger partial charge in [0.1, 0.15) is 23.9 Å². The number of pyridine rings is 2. The number of hydrogen-bond donors (Lipinski definition) is 1. The molecule has 1 aromatic carbocycles. The standard InChI is InChI=1S/C27H26FN5O3.H2/c1-27(2)12-19-15-36-25-22(33(19)26(27)35)11-18(14-30-25)31-23-8-6-17(13-29-23)16-5-7-21(20(28)10-16)32-9-3-4-24(32)34;/h5-8,10-11,13-14,19H,3-4,9,12,15H2,1-2H3,(H,29,31);1H/t19-;/m0./s1. The fourth-order valence-electron chi connectivity index (χ4n) is 5.26. The second-order valence-corrected chi connectivity index (χ2v) is 10.1. The Bertz CT molecular complexity index is 1380. The van der Waals surface area contributed by atoms with E-state index in [1.54, 1.807) is 30.6 Å². The largest absolute Gasteiger partial charge is 0.474 e. The molecule has 1 N–H and O–H groups in total. The van der Waals surface area contributed by atoms with Gasteiger partial charge in [-0.25, -0.2) is 14.4 Å². The third-order valence-corrected chi connectivity index (χ3v) is 7.09. The van der Waals surface area contributed by atoms with Crippen molar-refractivity contribution in [2.24, 2.45) is 5.41 Å². The molecule has 0 bridgehead atoms. The van der Waals surface area contributed by atoms with Crippen LogP contribution in [0.25, 0.3) is 11.1 Å². The van der Waals surface area contributed by atoms with Crippen molar-refractivity contribution in [3.05, 3.63) is 54.6 Å². The number of amides is 2. The van der Waals surface area contributed by atoms with Gasteiger partial charge in [-0.3, -0.25) is 9.59 Å². The predicted octanol–water partition coefficient (Wildman–Crippen LogP) is 4.92. The van der Waals surface area contributed by atoms with Crippen LogP contribution in [0.3, 0.4) is 0 Å². The maximum Gasteiger partial charge on any atom is 0.238 e. The molecule has 0 saturated carbocycles. The van der Waals surface area contributed by atoms with Crippen molar-refractivity contribution in [1.82, 2.24) is 9.97 Å². The smallest absolute Gasteiger partial charge is 0.238 e. The van der Waals surface area contributed by atoms with Gasteiger partial charge in [0.25, 0.3) is 0 Å². The highest BCUT2D eigenvalue weighted by molar-refractivity contribution is 6.02. The molecule has 5 heterocycles. The molecule has 0 radical (unpaired) electrons. The van der Waals surface area contributed by atoms with Crippen LogP contribution in [0.1, 0.15) is 34.5 Å². The zero-order chi connectivity index (χ0) is 25.0. The lowest BCUT2D eigenvalue weighted by atomic mass is 9.90. The Morgan fingerprint density at radius 2 is 1.92 bits per heavy atom. The molecule has 36 heavy (non-hydrogen) atoms. The number of anilines is 4. The molecule has 186 valence electrons. The number of aromatic nitrogens is 2. The fourth-order valence-corrected chi connectivity index (χ4v) is 5.26. The number of nitrogens with zero attached hydrogens (tertiary/aromatic N) is 4. The Balaban J connectivity index is 0.00000280. The lowest BCUT2D eigenvalue weighted by molar-refractivity contribution is -0.124. The third kappa shape index (κ3) is 3.75. The number of carbonyl (C=O) groups excluding carboxylic acids is 2. The summed E-state index contributed by atoms with van der Waals surface area (Å²) in [6.45, 7) is 4.91. The van der Waals surface area contributed by atoms with E-state index in [2.05, 4.69) is 15.3 Å². The molecule has 6 rings (SSSR count). The van der Waals surface area contributed by atoms with Crippen LogP contribution >= 0.6 is 0 Å². The van der Waals surface area contributed by atoms with Crippen molar-refractivity contribution in [2.75, 3.05) is 28.3 Å². The zero-order valence-corrected chi connectivity index (χ0v) is 20.1. The number of hydrogen-bond acceptors (Lipinski definition) is 6. The van der Waals surface area contributed by atoms with Crippen LogP contribution < -0.4 is 19.9 Å². The van der Waals surface area contributed by atoms with Crippen LogP contribution in [-0.2, 0) is 9.59 Å². The van der Waals surface area contributed by atoms with E-state index in [9.17, 15) is 14.0 Å². The molecule has 0 spiro atoms. The Labute approximate surface area is 209 Å². The summed E-state index contributed by atoms with van der Waals surface area (Å²) in [4.78, 5) is 37.1. The molecule has 8 nitrogen and oxygen atoms in total. The lowest BCUT2D eigenvalue weighted by Gasteiger charge is -2.31. The topological polar surface area (TPSA) is 87.7 Å². The molecule has 9 heteroatoms. The van der Waals surface area contributed by atoms with Crippen LogP contribution in [0.15, 0.2) is 48.8 Å². The van der Waals surface area contributed by atoms with Crippen molar-refractivity contribution in [3.8, 4) is 17.0 Å². The van der Waals surface area contributed by atoms with E-state index >= 15 is 0 Å². The van der Waals surface area contributed by atoms with Crippen molar-refractivity contribution in [1.29, 1.82) is 0 Å². The number of nitrogens with one attached hydrogen (secondary N) is 1. The number of benzene rings is 1.